The van der Waals surface area contributed by atoms with Gasteiger partial charge in [0.05, 0.1) is 0 Å². The predicted molar refractivity (Wildman–Crippen MR) is 77.4 cm³/mol. The maximum atomic E-state index is 13.2. The fraction of sp³-hybridized carbons (Fsp3) is 0.0769. The largest absolute Gasteiger partial charge is 0.459 e. The molecule has 98 valence electrons. The fourth-order valence-corrected chi connectivity index (χ4v) is 3.64. The van der Waals surface area contributed by atoms with Crippen LogP contribution in [-0.4, -0.2) is 0 Å². The van der Waals surface area contributed by atoms with Crippen molar-refractivity contribution in [1.82, 2.24) is 5.43 Å². The summed E-state index contributed by atoms with van der Waals surface area (Å²) in [5.41, 5.74) is 3.37. The number of furan rings is 1. The van der Waals surface area contributed by atoms with Crippen molar-refractivity contribution in [3.8, 4) is 0 Å². The molecule has 0 aliphatic carbocycles. The summed E-state index contributed by atoms with van der Waals surface area (Å²) < 4.78 is 19.9. The summed E-state index contributed by atoms with van der Waals surface area (Å²) in [7, 11) is 0. The number of rotatable bonds is 3. The monoisotopic (exact) mass is 340 g/mol. The van der Waals surface area contributed by atoms with Gasteiger partial charge in [-0.2, -0.15) is 0 Å². The van der Waals surface area contributed by atoms with Crippen molar-refractivity contribution in [1.29, 1.82) is 0 Å². The van der Waals surface area contributed by atoms with E-state index < -0.39 is 0 Å². The number of fused-ring (bicyclic) bond motifs is 1. The van der Waals surface area contributed by atoms with Gasteiger partial charge in [0.1, 0.15) is 23.2 Å². The summed E-state index contributed by atoms with van der Waals surface area (Å²) in [6, 6.07) is 7.93. The molecular weight excluding hydrogens is 331 g/mol. The minimum atomic E-state index is -0.283. The van der Waals surface area contributed by atoms with Gasteiger partial charge in [-0.05, 0) is 51.6 Å². The smallest absolute Gasteiger partial charge is 0.134 e. The van der Waals surface area contributed by atoms with Crippen LogP contribution in [-0.2, 0) is 0 Å². The van der Waals surface area contributed by atoms with Crippen LogP contribution in [0.15, 0.2) is 44.6 Å². The molecule has 0 saturated heterocycles. The first-order valence-electron chi connectivity index (χ1n) is 5.57. The second-order valence-corrected chi connectivity index (χ2v) is 5.87. The Kier molecular flexibility index (Phi) is 3.40. The summed E-state index contributed by atoms with van der Waals surface area (Å²) in [5.74, 6) is 5.99. The van der Waals surface area contributed by atoms with E-state index in [1.165, 1.54) is 12.1 Å². The first-order valence-corrected chi connectivity index (χ1v) is 7.24. The Labute approximate surface area is 121 Å². The van der Waals surface area contributed by atoms with Gasteiger partial charge < -0.3 is 4.42 Å². The Morgan fingerprint density at radius 1 is 1.32 bits per heavy atom. The highest BCUT2D eigenvalue weighted by Crippen LogP contribution is 2.35. The SMILES string of the molecule is NNC(c1cc2cc(F)ccc2o1)c1sccc1Br. The Balaban J connectivity index is 2.09. The average molecular weight is 341 g/mol. The van der Waals surface area contributed by atoms with Gasteiger partial charge in [-0.1, -0.05) is 0 Å². The van der Waals surface area contributed by atoms with Gasteiger partial charge in [-0.25, -0.2) is 9.82 Å². The summed E-state index contributed by atoms with van der Waals surface area (Å²) in [6.07, 6.45) is 0. The molecule has 2 heterocycles. The van der Waals surface area contributed by atoms with Crippen molar-refractivity contribution in [3.63, 3.8) is 0 Å². The highest BCUT2D eigenvalue weighted by Gasteiger charge is 2.20. The first-order chi connectivity index (χ1) is 9.19. The van der Waals surface area contributed by atoms with Crippen LogP contribution in [0.4, 0.5) is 4.39 Å². The summed E-state index contributed by atoms with van der Waals surface area (Å²) in [6.45, 7) is 0. The van der Waals surface area contributed by atoms with E-state index in [4.69, 9.17) is 10.3 Å². The van der Waals surface area contributed by atoms with Crippen LogP contribution < -0.4 is 11.3 Å². The first kappa shape index (κ1) is 12.8. The van der Waals surface area contributed by atoms with Gasteiger partial charge in [0.2, 0.25) is 0 Å². The van der Waals surface area contributed by atoms with Crippen LogP contribution in [0.2, 0.25) is 0 Å². The summed E-state index contributed by atoms with van der Waals surface area (Å²) in [4.78, 5) is 1.02. The maximum Gasteiger partial charge on any atom is 0.134 e. The van der Waals surface area contributed by atoms with Crippen LogP contribution in [0.3, 0.4) is 0 Å². The van der Waals surface area contributed by atoms with Crippen molar-refractivity contribution in [2.45, 2.75) is 6.04 Å². The highest BCUT2D eigenvalue weighted by atomic mass is 79.9. The molecule has 2 aromatic heterocycles. The third-order valence-corrected chi connectivity index (χ3v) is 4.79. The van der Waals surface area contributed by atoms with E-state index in [0.29, 0.717) is 11.3 Å². The van der Waals surface area contributed by atoms with E-state index in [2.05, 4.69) is 21.4 Å². The second-order valence-electron chi connectivity index (χ2n) is 4.06. The van der Waals surface area contributed by atoms with Crippen LogP contribution in [0, 0.1) is 5.82 Å². The molecule has 0 spiro atoms. The minimum Gasteiger partial charge on any atom is -0.459 e. The Morgan fingerprint density at radius 3 is 2.84 bits per heavy atom. The number of nitrogens with one attached hydrogen (secondary N) is 1. The van der Waals surface area contributed by atoms with Crippen molar-refractivity contribution >= 4 is 38.2 Å². The number of hydrogen-bond donors (Lipinski definition) is 2. The molecule has 0 bridgehead atoms. The van der Waals surface area contributed by atoms with Gasteiger partial charge in [0.15, 0.2) is 0 Å². The molecule has 0 radical (unpaired) electrons. The third-order valence-electron chi connectivity index (χ3n) is 2.86. The minimum absolute atomic E-state index is 0.259. The van der Waals surface area contributed by atoms with Gasteiger partial charge in [0.25, 0.3) is 0 Å². The normalized spacial score (nSPS) is 13.0. The standard InChI is InChI=1S/C13H10BrFN2OS/c14-9-3-4-19-13(9)12(17-16)11-6-7-5-8(15)1-2-10(7)18-11/h1-6,12,17H,16H2. The molecule has 0 saturated carbocycles. The van der Waals surface area contributed by atoms with Crippen molar-refractivity contribution < 1.29 is 8.81 Å². The number of benzene rings is 1. The lowest BCUT2D eigenvalue weighted by Crippen LogP contribution is -2.28. The lowest BCUT2D eigenvalue weighted by Gasteiger charge is -2.11. The molecule has 19 heavy (non-hydrogen) atoms. The molecule has 1 atom stereocenters. The fourth-order valence-electron chi connectivity index (χ4n) is 1.98. The van der Waals surface area contributed by atoms with Crippen LogP contribution >= 0.6 is 27.3 Å². The van der Waals surface area contributed by atoms with Gasteiger partial charge in [0, 0.05) is 14.7 Å². The molecule has 3 N–H and O–H groups in total. The second kappa shape index (κ2) is 5.05. The molecule has 3 rings (SSSR count). The molecule has 1 aromatic carbocycles. The van der Waals surface area contributed by atoms with Crippen molar-refractivity contribution in [2.24, 2.45) is 5.84 Å². The Bertz CT molecular complexity index is 724. The summed E-state index contributed by atoms with van der Waals surface area (Å²) >= 11 is 5.04. The molecule has 0 aliphatic rings. The number of thiophene rings is 1. The Hall–Kier alpha value is -1.21. The van der Waals surface area contributed by atoms with Crippen LogP contribution in [0.1, 0.15) is 16.7 Å². The molecule has 3 aromatic rings. The van der Waals surface area contributed by atoms with Gasteiger partial charge in [-0.3, -0.25) is 5.84 Å². The van der Waals surface area contributed by atoms with Crippen LogP contribution in [0.5, 0.6) is 0 Å². The number of hydrazine groups is 1. The van der Waals surface area contributed by atoms with E-state index in [-0.39, 0.29) is 11.9 Å². The molecule has 0 amide bonds. The molecule has 0 aliphatic heterocycles. The maximum absolute atomic E-state index is 13.2. The molecule has 6 heteroatoms. The number of halogens is 2. The number of nitrogens with two attached hydrogens (primary N) is 1. The van der Waals surface area contributed by atoms with E-state index >= 15 is 0 Å². The van der Waals surface area contributed by atoms with E-state index in [9.17, 15) is 4.39 Å². The zero-order valence-corrected chi connectivity index (χ0v) is 12.1. The van der Waals surface area contributed by atoms with Crippen LogP contribution in [0.25, 0.3) is 11.0 Å². The zero-order chi connectivity index (χ0) is 13.4. The molecule has 1 unspecified atom stereocenters. The van der Waals surface area contributed by atoms with E-state index in [1.807, 2.05) is 11.4 Å². The summed E-state index contributed by atoms with van der Waals surface area (Å²) in [5, 5.41) is 2.69. The molecule has 0 fully saturated rings. The quantitative estimate of drug-likeness (QED) is 0.560. The predicted octanol–water partition coefficient (Wildman–Crippen LogP) is 3.95. The lowest BCUT2D eigenvalue weighted by molar-refractivity contribution is 0.480. The average Bonchev–Trinajstić information content (AvgIpc) is 2.97. The van der Waals surface area contributed by atoms with Crippen molar-refractivity contribution in [2.75, 3.05) is 0 Å². The Morgan fingerprint density at radius 2 is 2.16 bits per heavy atom. The molecular formula is C13H10BrFN2OS. The highest BCUT2D eigenvalue weighted by molar-refractivity contribution is 9.10. The lowest BCUT2D eigenvalue weighted by atomic mass is 10.2. The van der Waals surface area contributed by atoms with Gasteiger partial charge in [-0.15, -0.1) is 11.3 Å². The molecule has 3 nitrogen and oxygen atoms in total. The van der Waals surface area contributed by atoms with E-state index in [1.54, 1.807) is 23.5 Å². The zero-order valence-electron chi connectivity index (χ0n) is 9.69. The third kappa shape index (κ3) is 2.32. The van der Waals surface area contributed by atoms with Gasteiger partial charge >= 0.3 is 0 Å². The topological polar surface area (TPSA) is 51.2 Å². The van der Waals surface area contributed by atoms with Crippen molar-refractivity contribution in [3.05, 3.63) is 56.6 Å². The number of hydrogen-bond acceptors (Lipinski definition) is 4. The van der Waals surface area contributed by atoms with E-state index in [0.717, 1.165) is 14.7 Å².